The molecule has 0 aromatic heterocycles. The van der Waals surface area contributed by atoms with Gasteiger partial charge in [0.1, 0.15) is 5.41 Å². The zero-order valence-electron chi connectivity index (χ0n) is 12.4. The predicted molar refractivity (Wildman–Crippen MR) is 82.2 cm³/mol. The van der Waals surface area contributed by atoms with E-state index < -0.39 is 5.41 Å². The van der Waals surface area contributed by atoms with Crippen LogP contribution in [0.15, 0.2) is 60.7 Å². The Balaban J connectivity index is 2.62. The number of benzene rings is 2. The fourth-order valence-corrected chi connectivity index (χ4v) is 2.50. The van der Waals surface area contributed by atoms with E-state index in [0.717, 1.165) is 11.1 Å². The van der Waals surface area contributed by atoms with E-state index in [2.05, 4.69) is 0 Å². The molecule has 0 N–H and O–H groups in total. The molecule has 0 amide bonds. The van der Waals surface area contributed by atoms with Crippen molar-refractivity contribution in [1.82, 2.24) is 0 Å². The first kappa shape index (κ1) is 15.3. The standard InChI is InChI=1S/C18H20O3/c1-3-21-14-18(17(19)20-2,15-10-6-4-7-11-15)16-12-8-5-9-13-16/h4-13H,3,14H2,1-2H3. The molecular formula is C18H20O3. The number of hydrogen-bond donors (Lipinski definition) is 0. The summed E-state index contributed by atoms with van der Waals surface area (Å²) in [4.78, 5) is 12.6. The lowest BCUT2D eigenvalue weighted by Gasteiger charge is -2.31. The molecule has 0 bridgehead atoms. The first-order valence-corrected chi connectivity index (χ1v) is 7.03. The molecule has 2 aromatic carbocycles. The second-order valence-corrected chi connectivity index (χ2v) is 4.77. The zero-order chi connectivity index (χ0) is 15.1. The SMILES string of the molecule is CCOCC(C(=O)OC)(c1ccccc1)c1ccccc1. The summed E-state index contributed by atoms with van der Waals surface area (Å²) in [6.07, 6.45) is 0. The van der Waals surface area contributed by atoms with Crippen molar-refractivity contribution in [3.05, 3.63) is 71.8 Å². The quantitative estimate of drug-likeness (QED) is 0.764. The van der Waals surface area contributed by atoms with Gasteiger partial charge < -0.3 is 9.47 Å². The molecule has 0 saturated carbocycles. The van der Waals surface area contributed by atoms with Gasteiger partial charge in [0.15, 0.2) is 0 Å². The van der Waals surface area contributed by atoms with Gasteiger partial charge in [-0.3, -0.25) is 4.79 Å². The molecule has 2 rings (SSSR count). The average Bonchev–Trinajstić information content (AvgIpc) is 2.57. The summed E-state index contributed by atoms with van der Waals surface area (Å²) >= 11 is 0. The van der Waals surface area contributed by atoms with Crippen molar-refractivity contribution in [2.24, 2.45) is 0 Å². The van der Waals surface area contributed by atoms with E-state index in [1.54, 1.807) is 0 Å². The molecule has 2 aromatic rings. The summed E-state index contributed by atoms with van der Waals surface area (Å²) in [6.45, 7) is 2.71. The normalized spacial score (nSPS) is 11.1. The third kappa shape index (κ3) is 2.98. The second-order valence-electron chi connectivity index (χ2n) is 4.77. The van der Waals surface area contributed by atoms with Gasteiger partial charge in [-0.05, 0) is 18.1 Å². The van der Waals surface area contributed by atoms with E-state index in [1.165, 1.54) is 7.11 Å². The van der Waals surface area contributed by atoms with Crippen molar-refractivity contribution in [3.63, 3.8) is 0 Å². The molecule has 0 unspecified atom stereocenters. The molecule has 21 heavy (non-hydrogen) atoms. The van der Waals surface area contributed by atoms with Gasteiger partial charge in [0, 0.05) is 6.61 Å². The summed E-state index contributed by atoms with van der Waals surface area (Å²) in [7, 11) is 1.41. The van der Waals surface area contributed by atoms with E-state index in [-0.39, 0.29) is 12.6 Å². The van der Waals surface area contributed by atoms with Gasteiger partial charge in [-0.2, -0.15) is 0 Å². The van der Waals surface area contributed by atoms with E-state index in [0.29, 0.717) is 6.61 Å². The number of carbonyl (C=O) groups is 1. The first-order valence-electron chi connectivity index (χ1n) is 7.03. The number of rotatable bonds is 6. The highest BCUT2D eigenvalue weighted by atomic mass is 16.5. The van der Waals surface area contributed by atoms with E-state index >= 15 is 0 Å². The molecule has 3 heteroatoms. The Morgan fingerprint density at radius 1 is 0.952 bits per heavy atom. The molecule has 0 atom stereocenters. The Labute approximate surface area is 125 Å². The molecule has 0 aliphatic heterocycles. The third-order valence-corrected chi connectivity index (χ3v) is 3.59. The maximum absolute atomic E-state index is 12.6. The fourth-order valence-electron chi connectivity index (χ4n) is 2.50. The van der Waals surface area contributed by atoms with Crippen molar-refractivity contribution in [3.8, 4) is 0 Å². The van der Waals surface area contributed by atoms with Gasteiger partial charge in [0.2, 0.25) is 0 Å². The topological polar surface area (TPSA) is 35.5 Å². The summed E-state index contributed by atoms with van der Waals surface area (Å²) in [5.74, 6) is -0.312. The van der Waals surface area contributed by atoms with Crippen molar-refractivity contribution in [2.45, 2.75) is 12.3 Å². The third-order valence-electron chi connectivity index (χ3n) is 3.59. The highest BCUT2D eigenvalue weighted by Gasteiger charge is 2.43. The number of methoxy groups -OCH3 is 1. The van der Waals surface area contributed by atoms with Crippen molar-refractivity contribution in [2.75, 3.05) is 20.3 Å². The van der Waals surface area contributed by atoms with Crippen molar-refractivity contribution < 1.29 is 14.3 Å². The Kier molecular flexibility index (Phi) is 5.12. The van der Waals surface area contributed by atoms with E-state index in [4.69, 9.17) is 9.47 Å². The highest BCUT2D eigenvalue weighted by Crippen LogP contribution is 2.34. The van der Waals surface area contributed by atoms with E-state index in [9.17, 15) is 4.79 Å². The second kappa shape index (κ2) is 7.04. The van der Waals surface area contributed by atoms with Gasteiger partial charge >= 0.3 is 5.97 Å². The minimum atomic E-state index is -0.937. The predicted octanol–water partition coefficient (Wildman–Crippen LogP) is 3.18. The zero-order valence-corrected chi connectivity index (χ0v) is 12.4. The Morgan fingerprint density at radius 3 is 1.81 bits per heavy atom. The number of esters is 1. The Morgan fingerprint density at radius 2 is 1.43 bits per heavy atom. The van der Waals surface area contributed by atoms with Crippen LogP contribution < -0.4 is 0 Å². The Hall–Kier alpha value is -2.13. The maximum Gasteiger partial charge on any atom is 0.323 e. The van der Waals surface area contributed by atoms with Crippen molar-refractivity contribution in [1.29, 1.82) is 0 Å². The van der Waals surface area contributed by atoms with Crippen LogP contribution in [0.3, 0.4) is 0 Å². The lowest BCUT2D eigenvalue weighted by molar-refractivity contribution is -0.148. The summed E-state index contributed by atoms with van der Waals surface area (Å²) in [5, 5.41) is 0. The molecule has 0 aliphatic carbocycles. The van der Waals surface area contributed by atoms with E-state index in [1.807, 2.05) is 67.6 Å². The van der Waals surface area contributed by atoms with Gasteiger partial charge in [0.05, 0.1) is 13.7 Å². The van der Waals surface area contributed by atoms with Crippen LogP contribution in [0.4, 0.5) is 0 Å². The van der Waals surface area contributed by atoms with Gasteiger partial charge in [0.25, 0.3) is 0 Å². The minimum absolute atomic E-state index is 0.254. The van der Waals surface area contributed by atoms with Crippen LogP contribution in [0.5, 0.6) is 0 Å². The number of carbonyl (C=O) groups excluding carboxylic acids is 1. The van der Waals surface area contributed by atoms with Crippen molar-refractivity contribution >= 4 is 5.97 Å². The van der Waals surface area contributed by atoms with Crippen LogP contribution in [-0.4, -0.2) is 26.3 Å². The molecule has 3 nitrogen and oxygen atoms in total. The highest BCUT2D eigenvalue weighted by molar-refractivity contribution is 5.87. The molecule has 0 radical (unpaired) electrons. The van der Waals surface area contributed by atoms with Crippen LogP contribution in [0.1, 0.15) is 18.1 Å². The van der Waals surface area contributed by atoms with Gasteiger partial charge in [-0.1, -0.05) is 60.7 Å². The molecule has 0 saturated heterocycles. The molecule has 0 spiro atoms. The number of hydrogen-bond acceptors (Lipinski definition) is 3. The molecule has 110 valence electrons. The van der Waals surface area contributed by atoms with Crippen LogP contribution in [0, 0.1) is 0 Å². The molecule has 0 aliphatic rings. The fraction of sp³-hybridized carbons (Fsp3) is 0.278. The minimum Gasteiger partial charge on any atom is -0.468 e. The molecule has 0 fully saturated rings. The summed E-state index contributed by atoms with van der Waals surface area (Å²) < 4.78 is 10.7. The maximum atomic E-state index is 12.6. The summed E-state index contributed by atoms with van der Waals surface area (Å²) in [6, 6.07) is 19.3. The average molecular weight is 284 g/mol. The monoisotopic (exact) mass is 284 g/mol. The first-order chi connectivity index (χ1) is 10.3. The number of ether oxygens (including phenoxy) is 2. The van der Waals surface area contributed by atoms with Gasteiger partial charge in [-0.25, -0.2) is 0 Å². The molecular weight excluding hydrogens is 264 g/mol. The summed E-state index contributed by atoms with van der Waals surface area (Å²) in [5.41, 5.74) is 0.806. The molecule has 0 heterocycles. The smallest absolute Gasteiger partial charge is 0.323 e. The lowest BCUT2D eigenvalue weighted by Crippen LogP contribution is -2.42. The van der Waals surface area contributed by atoms with Gasteiger partial charge in [-0.15, -0.1) is 0 Å². The Bertz CT molecular complexity index is 524. The van der Waals surface area contributed by atoms with Crippen LogP contribution in [-0.2, 0) is 19.7 Å². The lowest BCUT2D eigenvalue weighted by atomic mass is 9.75. The van der Waals surface area contributed by atoms with Crippen LogP contribution >= 0.6 is 0 Å². The van der Waals surface area contributed by atoms with Crippen LogP contribution in [0.2, 0.25) is 0 Å². The van der Waals surface area contributed by atoms with Crippen LogP contribution in [0.25, 0.3) is 0 Å². The largest absolute Gasteiger partial charge is 0.468 e.